The van der Waals surface area contributed by atoms with Crippen LogP contribution in [0.3, 0.4) is 0 Å². The van der Waals surface area contributed by atoms with Crippen LogP contribution in [0.15, 0.2) is 101 Å². The molecule has 10 heteroatoms. The van der Waals surface area contributed by atoms with Gasteiger partial charge < -0.3 is 16.2 Å². The third-order valence-electron chi connectivity index (χ3n) is 5.39. The van der Waals surface area contributed by atoms with Gasteiger partial charge in [-0.2, -0.15) is 9.78 Å². The summed E-state index contributed by atoms with van der Waals surface area (Å²) in [6.45, 7) is 0. The van der Waals surface area contributed by atoms with E-state index in [4.69, 9.17) is 5.73 Å². The number of phenolic OH excluding ortho intramolecular Hbond substituents is 1. The Morgan fingerprint density at radius 2 is 1.67 bits per heavy atom. The fourth-order valence-corrected chi connectivity index (χ4v) is 3.67. The number of rotatable bonds is 6. The van der Waals surface area contributed by atoms with Gasteiger partial charge in [-0.1, -0.05) is 48.5 Å². The zero-order valence-electron chi connectivity index (χ0n) is 18.7. The molecule has 0 bridgehead atoms. The zero-order valence-corrected chi connectivity index (χ0v) is 18.7. The van der Waals surface area contributed by atoms with Crippen molar-refractivity contribution in [1.82, 2.24) is 14.8 Å². The quantitative estimate of drug-likeness (QED) is 0.298. The van der Waals surface area contributed by atoms with Gasteiger partial charge in [0.05, 0.1) is 11.8 Å². The summed E-state index contributed by atoms with van der Waals surface area (Å²) in [5, 5.41) is 27.7. The molecule has 5 rings (SSSR count). The minimum Gasteiger partial charge on any atom is -0.505 e. The highest BCUT2D eigenvalue weighted by molar-refractivity contribution is 6.11. The average molecular weight is 477 g/mol. The van der Waals surface area contributed by atoms with Crippen molar-refractivity contribution in [2.24, 2.45) is 16.0 Å². The lowest BCUT2D eigenvalue weighted by molar-refractivity contribution is 0.0997. The predicted octanol–water partition coefficient (Wildman–Crippen LogP) is 4.89. The summed E-state index contributed by atoms with van der Waals surface area (Å²) in [4.78, 5) is 29.3. The Labute approximate surface area is 204 Å². The lowest BCUT2D eigenvalue weighted by Gasteiger charge is -2.11. The molecule has 36 heavy (non-hydrogen) atoms. The summed E-state index contributed by atoms with van der Waals surface area (Å²) < 4.78 is 1.31. The molecule has 4 N–H and O–H groups in total. The Morgan fingerprint density at radius 1 is 0.917 bits per heavy atom. The predicted molar refractivity (Wildman–Crippen MR) is 134 cm³/mol. The van der Waals surface area contributed by atoms with Crippen LogP contribution in [-0.4, -0.2) is 31.7 Å². The van der Waals surface area contributed by atoms with E-state index in [1.807, 2.05) is 6.07 Å². The van der Waals surface area contributed by atoms with E-state index >= 15 is 0 Å². The van der Waals surface area contributed by atoms with Gasteiger partial charge in [-0.25, -0.2) is 4.98 Å². The molecule has 0 atom stereocenters. The number of phenols is 1. The normalized spacial score (nSPS) is 11.1. The fourth-order valence-electron chi connectivity index (χ4n) is 3.67. The van der Waals surface area contributed by atoms with Crippen LogP contribution in [0.1, 0.15) is 20.7 Å². The molecule has 176 valence electrons. The minimum atomic E-state index is -0.754. The van der Waals surface area contributed by atoms with Gasteiger partial charge in [0, 0.05) is 17.3 Å². The number of nitrogens with zero attached hydrogens (tertiary/aromatic N) is 5. The molecular weight excluding hydrogens is 458 g/mol. The highest BCUT2D eigenvalue weighted by Crippen LogP contribution is 2.40. The SMILES string of the molecule is NC(=O)c1cnn(-c2ccccn2)c1N=Nc1c(O)c(C(=O)Nc2ccccc2)cc2ccccc12. The summed E-state index contributed by atoms with van der Waals surface area (Å²) in [6.07, 6.45) is 2.84. The molecule has 0 aliphatic heterocycles. The molecule has 0 saturated carbocycles. The molecule has 0 radical (unpaired) electrons. The first-order valence-corrected chi connectivity index (χ1v) is 10.8. The van der Waals surface area contributed by atoms with E-state index < -0.39 is 11.8 Å². The smallest absolute Gasteiger partial charge is 0.259 e. The van der Waals surface area contributed by atoms with Crippen LogP contribution < -0.4 is 11.1 Å². The standard InChI is InChI=1S/C26H19N7O3/c27-24(35)20-15-29-33(21-12-6-7-13-28-21)25(20)32-31-22-18-11-5-4-8-16(18)14-19(23(22)34)26(36)30-17-9-2-1-3-10-17/h1-15,34H,(H2,27,35)(H,30,36). The number of pyridine rings is 1. The number of amides is 2. The number of azo groups is 1. The minimum absolute atomic E-state index is 0.0138. The molecule has 10 nitrogen and oxygen atoms in total. The maximum Gasteiger partial charge on any atom is 0.259 e. The van der Waals surface area contributed by atoms with E-state index in [1.54, 1.807) is 79.0 Å². The number of benzene rings is 3. The number of hydrogen-bond acceptors (Lipinski definition) is 7. The summed E-state index contributed by atoms with van der Waals surface area (Å²) in [5.41, 5.74) is 6.17. The number of nitrogens with one attached hydrogen (secondary N) is 1. The lowest BCUT2D eigenvalue weighted by atomic mass is 10.0. The maximum atomic E-state index is 13.0. The van der Waals surface area contributed by atoms with Crippen molar-refractivity contribution >= 4 is 39.8 Å². The van der Waals surface area contributed by atoms with Crippen LogP contribution in [0.5, 0.6) is 5.75 Å². The molecule has 0 spiro atoms. The van der Waals surface area contributed by atoms with Gasteiger partial charge in [-0.05, 0) is 35.7 Å². The van der Waals surface area contributed by atoms with Gasteiger partial charge in [0.2, 0.25) is 0 Å². The number of carbonyl (C=O) groups is 2. The zero-order chi connectivity index (χ0) is 25.1. The van der Waals surface area contributed by atoms with Gasteiger partial charge in [0.1, 0.15) is 11.3 Å². The number of anilines is 1. The Hall–Kier alpha value is -5.38. The van der Waals surface area contributed by atoms with E-state index in [0.717, 1.165) is 0 Å². The van der Waals surface area contributed by atoms with Crippen LogP contribution in [0.2, 0.25) is 0 Å². The van der Waals surface area contributed by atoms with Crippen molar-refractivity contribution in [1.29, 1.82) is 0 Å². The molecular formula is C26H19N7O3. The van der Waals surface area contributed by atoms with Crippen LogP contribution in [0, 0.1) is 0 Å². The summed E-state index contributed by atoms with van der Waals surface area (Å²) in [6, 6.07) is 22.7. The average Bonchev–Trinajstić information content (AvgIpc) is 3.33. The van der Waals surface area contributed by atoms with Crippen molar-refractivity contribution in [3.05, 3.63) is 102 Å². The third-order valence-corrected chi connectivity index (χ3v) is 5.39. The second-order valence-corrected chi connectivity index (χ2v) is 7.71. The Kier molecular flexibility index (Phi) is 5.90. The molecule has 0 aliphatic carbocycles. The third kappa shape index (κ3) is 4.26. The highest BCUT2D eigenvalue weighted by Gasteiger charge is 2.20. The van der Waals surface area contributed by atoms with Crippen molar-refractivity contribution < 1.29 is 14.7 Å². The number of aromatic nitrogens is 3. The van der Waals surface area contributed by atoms with Crippen LogP contribution >= 0.6 is 0 Å². The van der Waals surface area contributed by atoms with Crippen molar-refractivity contribution in [2.45, 2.75) is 0 Å². The lowest BCUT2D eigenvalue weighted by Crippen LogP contribution is -2.12. The van der Waals surface area contributed by atoms with Crippen molar-refractivity contribution in [2.75, 3.05) is 5.32 Å². The number of primary amides is 1. The largest absolute Gasteiger partial charge is 0.505 e. The summed E-state index contributed by atoms with van der Waals surface area (Å²) >= 11 is 0. The van der Waals surface area contributed by atoms with Gasteiger partial charge in [0.25, 0.3) is 11.8 Å². The molecule has 0 saturated heterocycles. The molecule has 0 unspecified atom stereocenters. The molecule has 0 fully saturated rings. The van der Waals surface area contributed by atoms with Crippen LogP contribution in [-0.2, 0) is 0 Å². The molecule has 3 aromatic carbocycles. The first-order chi connectivity index (χ1) is 17.5. The number of aromatic hydroxyl groups is 1. The van der Waals surface area contributed by atoms with Crippen LogP contribution in [0.25, 0.3) is 16.6 Å². The summed E-state index contributed by atoms with van der Waals surface area (Å²) in [7, 11) is 0. The molecule has 2 heterocycles. The van der Waals surface area contributed by atoms with E-state index in [9.17, 15) is 14.7 Å². The number of nitrogens with two attached hydrogens (primary N) is 1. The number of para-hydroxylation sites is 1. The Morgan fingerprint density at radius 3 is 2.42 bits per heavy atom. The molecule has 2 amide bonds. The summed E-state index contributed by atoms with van der Waals surface area (Å²) in [5.74, 6) is -1.21. The van der Waals surface area contributed by atoms with E-state index in [-0.39, 0.29) is 28.4 Å². The molecule has 2 aromatic heterocycles. The van der Waals surface area contributed by atoms with Gasteiger partial charge in [-0.15, -0.1) is 10.2 Å². The Balaban J connectivity index is 1.63. The first kappa shape index (κ1) is 22.4. The van der Waals surface area contributed by atoms with E-state index in [2.05, 4.69) is 25.6 Å². The number of hydrogen-bond donors (Lipinski definition) is 3. The second-order valence-electron chi connectivity index (χ2n) is 7.71. The topological polar surface area (TPSA) is 148 Å². The van der Waals surface area contributed by atoms with Gasteiger partial charge in [0.15, 0.2) is 17.4 Å². The van der Waals surface area contributed by atoms with Gasteiger partial charge >= 0.3 is 0 Å². The second kappa shape index (κ2) is 9.47. The van der Waals surface area contributed by atoms with Gasteiger partial charge in [-0.3, -0.25) is 9.59 Å². The number of carbonyl (C=O) groups excluding carboxylic acids is 2. The van der Waals surface area contributed by atoms with E-state index in [1.165, 1.54) is 10.9 Å². The first-order valence-electron chi connectivity index (χ1n) is 10.8. The fraction of sp³-hybridized carbons (Fsp3) is 0. The monoisotopic (exact) mass is 477 g/mol. The Bertz CT molecular complexity index is 1610. The number of fused-ring (bicyclic) bond motifs is 1. The van der Waals surface area contributed by atoms with Crippen molar-refractivity contribution in [3.63, 3.8) is 0 Å². The highest BCUT2D eigenvalue weighted by atomic mass is 16.3. The van der Waals surface area contributed by atoms with Crippen molar-refractivity contribution in [3.8, 4) is 11.6 Å². The maximum absolute atomic E-state index is 13.0. The molecule has 5 aromatic rings. The molecule has 0 aliphatic rings. The van der Waals surface area contributed by atoms with E-state index in [0.29, 0.717) is 22.3 Å². The van der Waals surface area contributed by atoms with Crippen LogP contribution in [0.4, 0.5) is 17.2 Å².